The van der Waals surface area contributed by atoms with Crippen molar-refractivity contribution >= 4 is 31.3 Å². The largest absolute Gasteiger partial charge is 0.486 e. The quantitative estimate of drug-likeness (QED) is 0.732. The Kier molecular flexibility index (Phi) is 2.70. The van der Waals surface area contributed by atoms with Crippen LogP contribution in [0.4, 0.5) is 0 Å². The third kappa shape index (κ3) is 2.14. The van der Waals surface area contributed by atoms with Gasteiger partial charge in [-0.3, -0.25) is 0 Å². The van der Waals surface area contributed by atoms with Crippen molar-refractivity contribution in [1.29, 1.82) is 0 Å². The van der Waals surface area contributed by atoms with Crippen molar-refractivity contribution in [1.82, 2.24) is 0 Å². The Balaban J connectivity index is 2.60. The number of ether oxygens (including phenoxy) is 2. The molecule has 1 aromatic rings. The minimum absolute atomic E-state index is 0.0225. The van der Waals surface area contributed by atoms with Gasteiger partial charge in [-0.2, -0.15) is 0 Å². The number of halogens is 2. The van der Waals surface area contributed by atoms with Crippen molar-refractivity contribution < 1.29 is 17.9 Å². The van der Waals surface area contributed by atoms with Crippen LogP contribution in [-0.2, 0) is 9.05 Å². The van der Waals surface area contributed by atoms with Gasteiger partial charge in [-0.15, -0.1) is 0 Å². The average molecular weight is 269 g/mol. The summed E-state index contributed by atoms with van der Waals surface area (Å²) in [4.78, 5) is -0.171. The minimum Gasteiger partial charge on any atom is -0.486 e. The van der Waals surface area contributed by atoms with Crippen LogP contribution in [0.2, 0.25) is 5.02 Å². The molecule has 0 N–H and O–H groups in total. The zero-order valence-corrected chi connectivity index (χ0v) is 9.69. The van der Waals surface area contributed by atoms with Gasteiger partial charge in [0.15, 0.2) is 11.5 Å². The summed E-state index contributed by atoms with van der Waals surface area (Å²) in [6.07, 6.45) is 0. The van der Waals surface area contributed by atoms with E-state index in [1.54, 1.807) is 0 Å². The molecule has 1 heterocycles. The second-order valence-electron chi connectivity index (χ2n) is 2.86. The Hall–Kier alpha value is -0.650. The van der Waals surface area contributed by atoms with Crippen LogP contribution < -0.4 is 9.47 Å². The summed E-state index contributed by atoms with van der Waals surface area (Å²) in [5.41, 5.74) is 0. The standard InChI is InChI=1S/C8H6Cl2O4S/c9-5-3-6-7(14-2-1-13-6)4-8(5)15(10,11)12/h3-4H,1-2H2. The van der Waals surface area contributed by atoms with Gasteiger partial charge in [-0.25, -0.2) is 8.42 Å². The highest BCUT2D eigenvalue weighted by molar-refractivity contribution is 8.13. The molecular weight excluding hydrogens is 263 g/mol. The molecule has 7 heteroatoms. The molecule has 0 fully saturated rings. The SMILES string of the molecule is O=S(=O)(Cl)c1cc2c(cc1Cl)OCCO2. The van der Waals surface area contributed by atoms with E-state index in [1.165, 1.54) is 12.1 Å². The molecule has 0 atom stereocenters. The highest BCUT2D eigenvalue weighted by atomic mass is 35.7. The van der Waals surface area contributed by atoms with Crippen molar-refractivity contribution in [2.75, 3.05) is 13.2 Å². The van der Waals surface area contributed by atoms with E-state index in [-0.39, 0.29) is 9.92 Å². The molecule has 0 amide bonds. The molecule has 0 aromatic heterocycles. The van der Waals surface area contributed by atoms with Crippen LogP contribution in [0.25, 0.3) is 0 Å². The molecule has 0 saturated heterocycles. The monoisotopic (exact) mass is 268 g/mol. The van der Waals surface area contributed by atoms with Crippen molar-refractivity contribution in [2.45, 2.75) is 4.90 Å². The van der Waals surface area contributed by atoms with Crippen LogP contribution >= 0.6 is 22.3 Å². The fraction of sp³-hybridized carbons (Fsp3) is 0.250. The summed E-state index contributed by atoms with van der Waals surface area (Å²) >= 11 is 5.75. The number of hydrogen-bond acceptors (Lipinski definition) is 4. The molecule has 15 heavy (non-hydrogen) atoms. The van der Waals surface area contributed by atoms with Crippen molar-refractivity contribution in [2.24, 2.45) is 0 Å². The summed E-state index contributed by atoms with van der Waals surface area (Å²) in [6.45, 7) is 0.784. The lowest BCUT2D eigenvalue weighted by molar-refractivity contribution is 0.171. The van der Waals surface area contributed by atoms with Gasteiger partial charge in [0.1, 0.15) is 18.1 Å². The number of rotatable bonds is 1. The van der Waals surface area contributed by atoms with Crippen LogP contribution in [0.1, 0.15) is 0 Å². The second kappa shape index (κ2) is 3.73. The summed E-state index contributed by atoms with van der Waals surface area (Å²) < 4.78 is 32.7. The summed E-state index contributed by atoms with van der Waals surface area (Å²) in [5.74, 6) is 0.764. The summed E-state index contributed by atoms with van der Waals surface area (Å²) in [6, 6.07) is 2.64. The molecule has 0 bridgehead atoms. The first-order valence-electron chi connectivity index (χ1n) is 4.02. The molecule has 0 radical (unpaired) electrons. The third-order valence-electron chi connectivity index (χ3n) is 1.86. The van der Waals surface area contributed by atoms with Gasteiger partial charge >= 0.3 is 0 Å². The van der Waals surface area contributed by atoms with Crippen molar-refractivity contribution in [3.8, 4) is 11.5 Å². The van der Waals surface area contributed by atoms with Crippen LogP contribution in [0, 0.1) is 0 Å². The zero-order chi connectivity index (χ0) is 11.1. The van der Waals surface area contributed by atoms with E-state index in [2.05, 4.69) is 0 Å². The lowest BCUT2D eigenvalue weighted by atomic mass is 10.3. The molecular formula is C8H6Cl2O4S. The predicted octanol–water partition coefficient (Wildman–Crippen LogP) is 2.04. The maximum Gasteiger partial charge on any atom is 0.262 e. The number of benzene rings is 1. The fourth-order valence-electron chi connectivity index (χ4n) is 1.23. The van der Waals surface area contributed by atoms with Gasteiger partial charge in [-0.05, 0) is 0 Å². The van der Waals surface area contributed by atoms with Gasteiger partial charge in [0.2, 0.25) is 0 Å². The van der Waals surface area contributed by atoms with E-state index in [4.69, 9.17) is 31.8 Å². The Morgan fingerprint density at radius 3 is 2.20 bits per heavy atom. The van der Waals surface area contributed by atoms with E-state index < -0.39 is 9.05 Å². The van der Waals surface area contributed by atoms with E-state index >= 15 is 0 Å². The molecule has 0 unspecified atom stereocenters. The molecule has 0 spiro atoms. The first-order valence-corrected chi connectivity index (χ1v) is 6.71. The summed E-state index contributed by atoms with van der Waals surface area (Å²) in [5, 5.41) is 0.0225. The Morgan fingerprint density at radius 1 is 1.13 bits per heavy atom. The van der Waals surface area contributed by atoms with Gasteiger partial charge in [0.25, 0.3) is 9.05 Å². The second-order valence-corrected chi connectivity index (χ2v) is 5.81. The average Bonchev–Trinajstić information content (AvgIpc) is 2.15. The van der Waals surface area contributed by atoms with E-state index in [9.17, 15) is 8.42 Å². The van der Waals surface area contributed by atoms with Gasteiger partial charge in [0, 0.05) is 22.8 Å². The Bertz CT molecular complexity index is 498. The lowest BCUT2D eigenvalue weighted by Gasteiger charge is -2.19. The fourth-order valence-corrected chi connectivity index (χ4v) is 2.73. The van der Waals surface area contributed by atoms with Crippen LogP contribution in [0.5, 0.6) is 11.5 Å². The minimum atomic E-state index is -3.86. The normalized spacial score (nSPS) is 15.1. The van der Waals surface area contributed by atoms with Crippen LogP contribution in [0.3, 0.4) is 0 Å². The van der Waals surface area contributed by atoms with Gasteiger partial charge in [0.05, 0.1) is 5.02 Å². The molecule has 4 nitrogen and oxygen atoms in total. The third-order valence-corrected chi connectivity index (χ3v) is 3.65. The maximum absolute atomic E-state index is 11.1. The molecule has 1 aliphatic heterocycles. The van der Waals surface area contributed by atoms with E-state index in [1.807, 2.05) is 0 Å². The molecule has 1 aliphatic rings. The maximum atomic E-state index is 11.1. The van der Waals surface area contributed by atoms with Crippen LogP contribution in [0.15, 0.2) is 17.0 Å². The molecule has 1 aromatic carbocycles. The molecule has 82 valence electrons. The molecule has 2 rings (SSSR count). The molecule has 0 saturated carbocycles. The molecule has 0 aliphatic carbocycles. The highest BCUT2D eigenvalue weighted by Crippen LogP contribution is 2.38. The van der Waals surface area contributed by atoms with Gasteiger partial charge < -0.3 is 9.47 Å². The topological polar surface area (TPSA) is 52.6 Å². The van der Waals surface area contributed by atoms with E-state index in [0.717, 1.165) is 0 Å². The van der Waals surface area contributed by atoms with Gasteiger partial charge in [-0.1, -0.05) is 11.6 Å². The Labute approximate surface area is 96.1 Å². The van der Waals surface area contributed by atoms with Crippen LogP contribution in [-0.4, -0.2) is 21.6 Å². The Morgan fingerprint density at radius 2 is 1.67 bits per heavy atom. The van der Waals surface area contributed by atoms with Crippen molar-refractivity contribution in [3.05, 3.63) is 17.2 Å². The number of hydrogen-bond donors (Lipinski definition) is 0. The van der Waals surface area contributed by atoms with Crippen molar-refractivity contribution in [3.63, 3.8) is 0 Å². The lowest BCUT2D eigenvalue weighted by Crippen LogP contribution is -2.15. The first-order chi connectivity index (χ1) is 6.98. The predicted molar refractivity (Wildman–Crippen MR) is 55.5 cm³/mol. The van der Waals surface area contributed by atoms with E-state index in [0.29, 0.717) is 24.7 Å². The smallest absolute Gasteiger partial charge is 0.262 e. The zero-order valence-electron chi connectivity index (χ0n) is 7.37. The highest BCUT2D eigenvalue weighted by Gasteiger charge is 2.21. The number of fused-ring (bicyclic) bond motifs is 1. The summed E-state index contributed by atoms with van der Waals surface area (Å²) in [7, 11) is 1.34. The first kappa shape index (κ1) is 10.9.